The number of rotatable bonds is 4. The number of carbonyl (C=O) groups excluding carboxylic acids is 1. The van der Waals surface area contributed by atoms with Crippen molar-refractivity contribution in [1.82, 2.24) is 10.2 Å². The van der Waals surface area contributed by atoms with E-state index in [0.29, 0.717) is 6.42 Å². The summed E-state index contributed by atoms with van der Waals surface area (Å²) in [5.41, 5.74) is 1.25. The molecule has 18 heavy (non-hydrogen) atoms. The van der Waals surface area contributed by atoms with Gasteiger partial charge >= 0.3 is 0 Å². The first-order valence-electron chi connectivity index (χ1n) is 6.29. The fourth-order valence-electron chi connectivity index (χ4n) is 2.25. The lowest BCUT2D eigenvalue weighted by Crippen LogP contribution is -2.43. The Morgan fingerprint density at radius 2 is 2.44 bits per heavy atom. The van der Waals surface area contributed by atoms with Gasteiger partial charge < -0.3 is 10.1 Å². The molecule has 1 amide bonds. The van der Waals surface area contributed by atoms with Crippen molar-refractivity contribution in [3.05, 3.63) is 22.4 Å². The number of nitrogens with zero attached hydrogens (tertiary/aromatic N) is 1. The normalized spacial score (nSPS) is 25.0. The van der Waals surface area contributed by atoms with Gasteiger partial charge in [0.25, 0.3) is 0 Å². The zero-order valence-electron chi connectivity index (χ0n) is 10.9. The molecule has 0 aliphatic carbocycles. The van der Waals surface area contributed by atoms with Crippen LogP contribution in [-0.2, 0) is 9.53 Å². The van der Waals surface area contributed by atoms with E-state index in [4.69, 9.17) is 4.74 Å². The molecule has 1 N–H and O–H groups in total. The molecule has 4 nitrogen and oxygen atoms in total. The van der Waals surface area contributed by atoms with Gasteiger partial charge in [-0.3, -0.25) is 9.69 Å². The molecule has 1 aromatic rings. The van der Waals surface area contributed by atoms with E-state index in [1.165, 1.54) is 5.56 Å². The van der Waals surface area contributed by atoms with Crippen LogP contribution in [0.4, 0.5) is 0 Å². The first kappa shape index (κ1) is 13.5. The number of carbonyl (C=O) groups is 1. The highest BCUT2D eigenvalue weighted by Gasteiger charge is 2.26. The van der Waals surface area contributed by atoms with Crippen LogP contribution in [0, 0.1) is 0 Å². The third-order valence-electron chi connectivity index (χ3n) is 3.18. The summed E-state index contributed by atoms with van der Waals surface area (Å²) < 4.78 is 5.96. The number of morpholine rings is 1. The van der Waals surface area contributed by atoms with E-state index in [1.807, 2.05) is 0 Å². The number of thiophene rings is 1. The Labute approximate surface area is 112 Å². The quantitative estimate of drug-likeness (QED) is 0.902. The maximum absolute atomic E-state index is 11.3. The van der Waals surface area contributed by atoms with Crippen molar-refractivity contribution in [2.75, 3.05) is 26.7 Å². The standard InChI is InChI=1S/C13H20N2O2S/c1-10-7-15(5-3-13(16)14-2)8-12(17-10)11-4-6-18-9-11/h4,6,9-10,12H,3,5,7-8H2,1-2H3,(H,14,16)/t10-,12-/m0/s1. The van der Waals surface area contributed by atoms with Crippen molar-refractivity contribution >= 4 is 17.2 Å². The lowest BCUT2D eigenvalue weighted by Gasteiger charge is -2.36. The van der Waals surface area contributed by atoms with Crippen LogP contribution in [-0.4, -0.2) is 43.6 Å². The van der Waals surface area contributed by atoms with Crippen LogP contribution in [0.25, 0.3) is 0 Å². The molecule has 1 fully saturated rings. The Morgan fingerprint density at radius 1 is 1.61 bits per heavy atom. The molecule has 100 valence electrons. The molecule has 0 saturated carbocycles. The second kappa shape index (κ2) is 6.31. The van der Waals surface area contributed by atoms with E-state index in [9.17, 15) is 4.79 Å². The van der Waals surface area contributed by atoms with Gasteiger partial charge in [0.15, 0.2) is 0 Å². The summed E-state index contributed by atoms with van der Waals surface area (Å²) in [4.78, 5) is 13.6. The van der Waals surface area contributed by atoms with Crippen molar-refractivity contribution in [1.29, 1.82) is 0 Å². The summed E-state index contributed by atoms with van der Waals surface area (Å²) in [5.74, 6) is 0.0984. The summed E-state index contributed by atoms with van der Waals surface area (Å²) in [5, 5.41) is 6.87. The predicted molar refractivity (Wildman–Crippen MR) is 72.7 cm³/mol. The lowest BCUT2D eigenvalue weighted by molar-refractivity contribution is -0.122. The summed E-state index contributed by atoms with van der Waals surface area (Å²) >= 11 is 1.69. The zero-order valence-corrected chi connectivity index (χ0v) is 11.7. The van der Waals surface area contributed by atoms with Gasteiger partial charge in [0.2, 0.25) is 5.91 Å². The third kappa shape index (κ3) is 3.54. The first-order valence-corrected chi connectivity index (χ1v) is 7.24. The van der Waals surface area contributed by atoms with Gasteiger partial charge in [-0.15, -0.1) is 0 Å². The van der Waals surface area contributed by atoms with E-state index in [2.05, 4.69) is 34.0 Å². The summed E-state index contributed by atoms with van der Waals surface area (Å²) in [6, 6.07) is 2.12. The zero-order chi connectivity index (χ0) is 13.0. The molecule has 2 rings (SSSR count). The molecule has 1 saturated heterocycles. The molecule has 1 aliphatic rings. The smallest absolute Gasteiger partial charge is 0.221 e. The van der Waals surface area contributed by atoms with Gasteiger partial charge in [-0.2, -0.15) is 11.3 Å². The molecule has 0 bridgehead atoms. The van der Waals surface area contributed by atoms with E-state index >= 15 is 0 Å². The third-order valence-corrected chi connectivity index (χ3v) is 3.89. The average molecular weight is 268 g/mol. The maximum Gasteiger partial charge on any atom is 0.221 e. The Kier molecular flexibility index (Phi) is 4.74. The highest BCUT2D eigenvalue weighted by Crippen LogP contribution is 2.26. The minimum Gasteiger partial charge on any atom is -0.368 e. The summed E-state index contributed by atoms with van der Waals surface area (Å²) in [7, 11) is 1.68. The topological polar surface area (TPSA) is 41.6 Å². The Balaban J connectivity index is 1.90. The minimum atomic E-state index is 0.0984. The molecule has 0 aromatic carbocycles. The van der Waals surface area contributed by atoms with Crippen molar-refractivity contribution in [3.8, 4) is 0 Å². The molecular weight excluding hydrogens is 248 g/mol. The van der Waals surface area contributed by atoms with E-state index < -0.39 is 0 Å². The van der Waals surface area contributed by atoms with Crippen molar-refractivity contribution in [2.24, 2.45) is 0 Å². The summed E-state index contributed by atoms with van der Waals surface area (Å²) in [6.07, 6.45) is 0.914. The van der Waals surface area contributed by atoms with Gasteiger partial charge in [0.1, 0.15) is 0 Å². The molecule has 2 atom stereocenters. The van der Waals surface area contributed by atoms with Crippen molar-refractivity contribution < 1.29 is 9.53 Å². The molecule has 2 heterocycles. The van der Waals surface area contributed by atoms with Gasteiger partial charge in [0, 0.05) is 33.1 Å². The second-order valence-corrected chi connectivity index (χ2v) is 5.45. The average Bonchev–Trinajstić information content (AvgIpc) is 2.89. The number of hydrogen-bond acceptors (Lipinski definition) is 4. The monoisotopic (exact) mass is 268 g/mol. The number of amides is 1. The van der Waals surface area contributed by atoms with Gasteiger partial charge in [-0.05, 0) is 29.3 Å². The maximum atomic E-state index is 11.3. The van der Waals surface area contributed by atoms with Crippen LogP contribution >= 0.6 is 11.3 Å². The molecular formula is C13H20N2O2S. The van der Waals surface area contributed by atoms with E-state index in [-0.39, 0.29) is 18.1 Å². The van der Waals surface area contributed by atoms with Crippen LogP contribution < -0.4 is 5.32 Å². The first-order chi connectivity index (χ1) is 8.69. The lowest BCUT2D eigenvalue weighted by atomic mass is 10.1. The molecule has 1 aliphatic heterocycles. The van der Waals surface area contributed by atoms with Crippen LogP contribution in [0.15, 0.2) is 16.8 Å². The predicted octanol–water partition coefficient (Wildman–Crippen LogP) is 1.65. The minimum absolute atomic E-state index is 0.0984. The second-order valence-electron chi connectivity index (χ2n) is 4.67. The Bertz CT molecular complexity index is 380. The van der Waals surface area contributed by atoms with Crippen LogP contribution in [0.2, 0.25) is 0 Å². The Morgan fingerprint density at radius 3 is 3.11 bits per heavy atom. The molecule has 0 spiro atoms. The van der Waals surface area contributed by atoms with Crippen molar-refractivity contribution in [3.63, 3.8) is 0 Å². The largest absolute Gasteiger partial charge is 0.368 e. The van der Waals surface area contributed by atoms with Gasteiger partial charge in [-0.1, -0.05) is 0 Å². The Hall–Kier alpha value is -0.910. The number of hydrogen-bond donors (Lipinski definition) is 1. The van der Waals surface area contributed by atoms with Crippen LogP contribution in [0.3, 0.4) is 0 Å². The highest BCUT2D eigenvalue weighted by molar-refractivity contribution is 7.07. The molecule has 1 aromatic heterocycles. The molecule has 0 radical (unpaired) electrons. The molecule has 5 heteroatoms. The van der Waals surface area contributed by atoms with Crippen molar-refractivity contribution in [2.45, 2.75) is 25.6 Å². The molecule has 0 unspecified atom stereocenters. The number of nitrogens with one attached hydrogen (secondary N) is 1. The van der Waals surface area contributed by atoms with Crippen LogP contribution in [0.5, 0.6) is 0 Å². The number of ether oxygens (including phenoxy) is 1. The van der Waals surface area contributed by atoms with Crippen LogP contribution in [0.1, 0.15) is 25.0 Å². The fourth-order valence-corrected chi connectivity index (χ4v) is 2.95. The fraction of sp³-hybridized carbons (Fsp3) is 0.615. The summed E-state index contributed by atoms with van der Waals surface area (Å²) in [6.45, 7) is 4.66. The van der Waals surface area contributed by atoms with Gasteiger partial charge in [0.05, 0.1) is 12.2 Å². The highest BCUT2D eigenvalue weighted by atomic mass is 32.1. The van der Waals surface area contributed by atoms with E-state index in [0.717, 1.165) is 19.6 Å². The SMILES string of the molecule is CNC(=O)CCN1C[C@@H](c2ccsc2)O[C@@H](C)C1. The van der Waals surface area contributed by atoms with Gasteiger partial charge in [-0.25, -0.2) is 0 Å². The van der Waals surface area contributed by atoms with E-state index in [1.54, 1.807) is 18.4 Å².